The van der Waals surface area contributed by atoms with E-state index in [9.17, 15) is 33.9 Å². The Labute approximate surface area is 213 Å². The van der Waals surface area contributed by atoms with Gasteiger partial charge in [0.1, 0.15) is 18.1 Å². The lowest BCUT2D eigenvalue weighted by Gasteiger charge is -2.25. The quantitative estimate of drug-likeness (QED) is 0.0427. The molecule has 0 aromatic rings. The van der Waals surface area contributed by atoms with Crippen molar-refractivity contribution >= 4 is 41.5 Å². The number of carbonyl (C=O) groups is 6. The zero-order valence-electron chi connectivity index (χ0n) is 20.5. The van der Waals surface area contributed by atoms with Gasteiger partial charge in [0.05, 0.1) is 18.9 Å². The lowest BCUT2D eigenvalue weighted by atomic mass is 10.0. The van der Waals surface area contributed by atoms with Crippen molar-refractivity contribution in [3.8, 4) is 0 Å². The summed E-state index contributed by atoms with van der Waals surface area (Å²) in [5.74, 6) is -5.97. The predicted molar refractivity (Wildman–Crippen MR) is 132 cm³/mol. The third-order valence-corrected chi connectivity index (χ3v) is 4.94. The molecule has 0 saturated carbocycles. The molecule has 0 saturated heterocycles. The van der Waals surface area contributed by atoms with Crippen molar-refractivity contribution < 1.29 is 33.9 Å². The Hall–Kier alpha value is -3.99. The fraction of sp³-hybridized carbons (Fsp3) is 0.650. The van der Waals surface area contributed by atoms with Gasteiger partial charge in [0.2, 0.25) is 29.5 Å². The van der Waals surface area contributed by atoms with Crippen LogP contribution in [0.3, 0.4) is 0 Å². The van der Waals surface area contributed by atoms with Gasteiger partial charge >= 0.3 is 5.97 Å². The topological polar surface area (TPSA) is 327 Å². The molecule has 210 valence electrons. The molecule has 0 aliphatic heterocycles. The zero-order chi connectivity index (χ0) is 28.5. The fourth-order valence-corrected chi connectivity index (χ4v) is 3.07. The second-order valence-electron chi connectivity index (χ2n) is 8.20. The Morgan fingerprint density at radius 3 is 1.65 bits per heavy atom. The predicted octanol–water partition coefficient (Wildman–Crippen LogP) is -5.21. The van der Waals surface area contributed by atoms with E-state index < -0.39 is 72.5 Å². The molecule has 0 heterocycles. The van der Waals surface area contributed by atoms with Gasteiger partial charge in [0.25, 0.3) is 0 Å². The minimum atomic E-state index is -1.63. The number of nitrogens with one attached hydrogen (secondary N) is 3. The molecule has 0 aliphatic rings. The van der Waals surface area contributed by atoms with Gasteiger partial charge in [-0.2, -0.15) is 0 Å². The van der Waals surface area contributed by atoms with Gasteiger partial charge < -0.3 is 55.5 Å². The van der Waals surface area contributed by atoms with Crippen LogP contribution >= 0.6 is 0 Å². The minimum Gasteiger partial charge on any atom is -0.480 e. The van der Waals surface area contributed by atoms with E-state index in [1.807, 2.05) is 0 Å². The SMILES string of the molecule is NCCCCC(NC(=O)C(N)CC(N)=O)C(=O)NC(CCCN=C(N)N)C(=O)NC(CC(N)=O)C(=O)O. The summed E-state index contributed by atoms with van der Waals surface area (Å²) in [6, 6.07) is -5.38. The molecule has 0 radical (unpaired) electrons. The number of primary amides is 2. The van der Waals surface area contributed by atoms with Crippen molar-refractivity contribution in [2.75, 3.05) is 13.1 Å². The van der Waals surface area contributed by atoms with Crippen molar-refractivity contribution in [3.05, 3.63) is 0 Å². The van der Waals surface area contributed by atoms with Crippen LogP contribution in [0.4, 0.5) is 0 Å². The zero-order valence-corrected chi connectivity index (χ0v) is 20.5. The number of hydrogen-bond acceptors (Lipinski definition) is 9. The largest absolute Gasteiger partial charge is 0.480 e. The van der Waals surface area contributed by atoms with Crippen LogP contribution in [-0.2, 0) is 28.8 Å². The van der Waals surface area contributed by atoms with Crippen LogP contribution in [0.5, 0.6) is 0 Å². The van der Waals surface area contributed by atoms with E-state index in [2.05, 4.69) is 20.9 Å². The highest BCUT2D eigenvalue weighted by atomic mass is 16.4. The molecule has 16 N–H and O–H groups in total. The Balaban J connectivity index is 5.68. The first-order valence-corrected chi connectivity index (χ1v) is 11.5. The van der Waals surface area contributed by atoms with Gasteiger partial charge in [-0.25, -0.2) is 4.79 Å². The Morgan fingerprint density at radius 2 is 1.19 bits per heavy atom. The summed E-state index contributed by atoms with van der Waals surface area (Å²) in [6.07, 6.45) is 0.142. The summed E-state index contributed by atoms with van der Waals surface area (Å²) in [4.78, 5) is 75.7. The van der Waals surface area contributed by atoms with E-state index in [0.717, 1.165) is 0 Å². The first-order chi connectivity index (χ1) is 17.3. The molecule has 0 aromatic carbocycles. The van der Waals surface area contributed by atoms with Crippen LogP contribution in [0.2, 0.25) is 0 Å². The van der Waals surface area contributed by atoms with Crippen LogP contribution in [-0.4, -0.2) is 83.8 Å². The molecular formula is C20H38N10O7. The second-order valence-corrected chi connectivity index (χ2v) is 8.20. The lowest BCUT2D eigenvalue weighted by molar-refractivity contribution is -0.143. The number of aliphatic carboxylic acids is 1. The highest BCUT2D eigenvalue weighted by molar-refractivity contribution is 5.95. The minimum absolute atomic E-state index is 0.0259. The molecule has 0 rings (SSSR count). The fourth-order valence-electron chi connectivity index (χ4n) is 3.07. The summed E-state index contributed by atoms with van der Waals surface area (Å²) in [5.41, 5.74) is 31.8. The molecule has 0 aliphatic carbocycles. The van der Waals surface area contributed by atoms with Gasteiger partial charge in [0.15, 0.2) is 5.96 Å². The number of nitrogens with zero attached hydrogens (tertiary/aromatic N) is 1. The molecule has 17 nitrogen and oxygen atoms in total. The van der Waals surface area contributed by atoms with Crippen molar-refractivity contribution in [3.63, 3.8) is 0 Å². The Bertz CT molecular complexity index is 847. The van der Waals surface area contributed by atoms with Crippen LogP contribution in [0.1, 0.15) is 44.9 Å². The van der Waals surface area contributed by atoms with E-state index in [0.29, 0.717) is 19.4 Å². The van der Waals surface area contributed by atoms with E-state index in [4.69, 9.17) is 34.4 Å². The number of hydrogen-bond donors (Lipinski definition) is 10. The summed E-state index contributed by atoms with van der Waals surface area (Å²) in [5, 5.41) is 16.3. The number of guanidine groups is 1. The van der Waals surface area contributed by atoms with Crippen molar-refractivity contribution in [2.45, 2.75) is 69.1 Å². The van der Waals surface area contributed by atoms with E-state index in [-0.39, 0.29) is 31.8 Å². The van der Waals surface area contributed by atoms with Crippen molar-refractivity contribution in [2.24, 2.45) is 39.4 Å². The molecular weight excluding hydrogens is 492 g/mol. The second kappa shape index (κ2) is 17.4. The molecule has 17 heteroatoms. The van der Waals surface area contributed by atoms with E-state index in [1.54, 1.807) is 0 Å². The Kier molecular flexibility index (Phi) is 15.6. The third kappa shape index (κ3) is 14.9. The number of amides is 5. The monoisotopic (exact) mass is 530 g/mol. The van der Waals surface area contributed by atoms with Crippen LogP contribution < -0.4 is 50.4 Å². The normalized spacial score (nSPS) is 13.8. The molecule has 0 fully saturated rings. The highest BCUT2D eigenvalue weighted by Crippen LogP contribution is 2.06. The molecule has 37 heavy (non-hydrogen) atoms. The summed E-state index contributed by atoms with van der Waals surface area (Å²) in [6.45, 7) is 0.431. The summed E-state index contributed by atoms with van der Waals surface area (Å²) < 4.78 is 0. The van der Waals surface area contributed by atoms with E-state index in [1.165, 1.54) is 0 Å². The molecule has 0 spiro atoms. The molecule has 4 atom stereocenters. The Morgan fingerprint density at radius 1 is 0.703 bits per heavy atom. The first kappa shape index (κ1) is 33.0. The molecule has 0 bridgehead atoms. The maximum Gasteiger partial charge on any atom is 0.326 e. The smallest absolute Gasteiger partial charge is 0.326 e. The summed E-state index contributed by atoms with van der Waals surface area (Å²) in [7, 11) is 0. The van der Waals surface area contributed by atoms with Crippen LogP contribution in [0.15, 0.2) is 4.99 Å². The van der Waals surface area contributed by atoms with Gasteiger partial charge in [-0.1, -0.05) is 0 Å². The maximum absolute atomic E-state index is 13.0. The van der Waals surface area contributed by atoms with Gasteiger partial charge in [-0.3, -0.25) is 29.0 Å². The standard InChI is InChI=1S/C20H38N10O7/c21-6-2-1-4-11(28-16(33)10(22)8-14(23)31)17(34)29-12(5-3-7-27-20(25)26)18(35)30-13(19(36)37)9-15(24)32/h10-13H,1-9,21-22H2,(H2,23,31)(H2,24,32)(H,28,33)(H,29,34)(H,30,35)(H,36,37)(H4,25,26,27). The maximum atomic E-state index is 13.0. The average molecular weight is 531 g/mol. The molecule has 0 aromatic heterocycles. The first-order valence-electron chi connectivity index (χ1n) is 11.5. The van der Waals surface area contributed by atoms with Gasteiger partial charge in [-0.15, -0.1) is 0 Å². The summed E-state index contributed by atoms with van der Waals surface area (Å²) >= 11 is 0. The number of aliphatic imine (C=N–C) groups is 1. The average Bonchev–Trinajstić information content (AvgIpc) is 2.78. The number of nitrogens with two attached hydrogens (primary N) is 6. The van der Waals surface area contributed by atoms with Crippen LogP contribution in [0.25, 0.3) is 0 Å². The lowest BCUT2D eigenvalue weighted by Crippen LogP contribution is -2.57. The van der Waals surface area contributed by atoms with Crippen molar-refractivity contribution in [1.82, 2.24) is 16.0 Å². The highest BCUT2D eigenvalue weighted by Gasteiger charge is 2.30. The molecule has 4 unspecified atom stereocenters. The number of carboxylic acids is 1. The number of carbonyl (C=O) groups excluding carboxylic acids is 5. The number of unbranched alkanes of at least 4 members (excludes halogenated alkanes) is 1. The number of rotatable bonds is 19. The van der Waals surface area contributed by atoms with E-state index >= 15 is 0 Å². The van der Waals surface area contributed by atoms with Gasteiger partial charge in [0, 0.05) is 6.54 Å². The number of carboxylic acid groups (broad SMARTS) is 1. The third-order valence-electron chi connectivity index (χ3n) is 4.94. The van der Waals surface area contributed by atoms with Crippen molar-refractivity contribution in [1.29, 1.82) is 0 Å². The molecule has 5 amide bonds. The van der Waals surface area contributed by atoms with Gasteiger partial charge in [-0.05, 0) is 38.6 Å². The van der Waals surface area contributed by atoms with Crippen LogP contribution in [0, 0.1) is 0 Å².